The molecule has 1 aromatic carbocycles. The van der Waals surface area contributed by atoms with Crippen molar-refractivity contribution in [3.63, 3.8) is 0 Å². The van der Waals surface area contributed by atoms with Gasteiger partial charge in [0.05, 0.1) is 11.7 Å². The summed E-state index contributed by atoms with van der Waals surface area (Å²) < 4.78 is 5.98. The average molecular weight is 286 g/mol. The van der Waals surface area contributed by atoms with Crippen molar-refractivity contribution in [2.45, 2.75) is 32.8 Å². The summed E-state index contributed by atoms with van der Waals surface area (Å²) in [7, 11) is 0. The van der Waals surface area contributed by atoms with Crippen LogP contribution in [0.4, 0.5) is 5.69 Å². The molecule has 0 aliphatic carbocycles. The van der Waals surface area contributed by atoms with E-state index in [2.05, 4.69) is 22.9 Å². The van der Waals surface area contributed by atoms with Gasteiger partial charge >= 0.3 is 5.97 Å². The summed E-state index contributed by atoms with van der Waals surface area (Å²) in [6.45, 7) is 3.96. The largest absolute Gasteiger partial charge is 0.459 e. The fraction of sp³-hybridized carbons (Fsp3) is 0.417. The molecule has 2 N–H and O–H groups in total. The first kappa shape index (κ1) is 13.0. The molecule has 1 rings (SSSR count). The number of hydrogen-bond donors (Lipinski definition) is 1. The molecule has 0 aromatic heterocycles. The Hall–Kier alpha value is -1.03. The highest BCUT2D eigenvalue weighted by molar-refractivity contribution is 9.10. The third kappa shape index (κ3) is 3.52. The van der Waals surface area contributed by atoms with E-state index in [0.717, 1.165) is 12.8 Å². The quantitative estimate of drug-likeness (QED) is 0.682. The van der Waals surface area contributed by atoms with E-state index in [0.29, 0.717) is 15.7 Å². The van der Waals surface area contributed by atoms with E-state index in [1.54, 1.807) is 18.2 Å². The van der Waals surface area contributed by atoms with Gasteiger partial charge in [0.15, 0.2) is 0 Å². The summed E-state index contributed by atoms with van der Waals surface area (Å²) >= 11 is 3.28. The molecule has 16 heavy (non-hydrogen) atoms. The smallest absolute Gasteiger partial charge is 0.338 e. The molecule has 1 aromatic rings. The van der Waals surface area contributed by atoms with Crippen LogP contribution in [0.3, 0.4) is 0 Å². The zero-order chi connectivity index (χ0) is 12.1. The first-order valence-corrected chi connectivity index (χ1v) is 6.10. The van der Waals surface area contributed by atoms with Crippen LogP contribution >= 0.6 is 15.9 Å². The third-order valence-electron chi connectivity index (χ3n) is 2.24. The van der Waals surface area contributed by atoms with Gasteiger partial charge in [-0.2, -0.15) is 0 Å². The predicted molar refractivity (Wildman–Crippen MR) is 68.3 cm³/mol. The number of hydrogen-bond acceptors (Lipinski definition) is 3. The van der Waals surface area contributed by atoms with Crippen LogP contribution in [0.5, 0.6) is 0 Å². The monoisotopic (exact) mass is 285 g/mol. The van der Waals surface area contributed by atoms with Crippen molar-refractivity contribution < 1.29 is 9.53 Å². The Morgan fingerprint density at radius 3 is 2.81 bits per heavy atom. The number of carbonyl (C=O) groups excluding carboxylic acids is 1. The zero-order valence-electron chi connectivity index (χ0n) is 9.50. The first-order valence-electron chi connectivity index (χ1n) is 5.30. The molecule has 0 aliphatic rings. The lowest BCUT2D eigenvalue weighted by atomic mass is 10.2. The number of nitrogens with two attached hydrogens (primary N) is 1. The highest BCUT2D eigenvalue weighted by Crippen LogP contribution is 2.21. The van der Waals surface area contributed by atoms with Crippen molar-refractivity contribution in [1.82, 2.24) is 0 Å². The van der Waals surface area contributed by atoms with Crippen LogP contribution < -0.4 is 5.73 Å². The summed E-state index contributed by atoms with van der Waals surface area (Å²) in [6.07, 6.45) is 1.83. The molecule has 0 aliphatic heterocycles. The van der Waals surface area contributed by atoms with Gasteiger partial charge < -0.3 is 10.5 Å². The predicted octanol–water partition coefficient (Wildman–Crippen LogP) is 3.38. The first-order chi connectivity index (χ1) is 7.54. The molecule has 0 spiro atoms. The maximum Gasteiger partial charge on any atom is 0.338 e. The second-order valence-electron chi connectivity index (χ2n) is 3.74. The highest BCUT2D eigenvalue weighted by Gasteiger charge is 2.12. The minimum atomic E-state index is -0.304. The van der Waals surface area contributed by atoms with Crippen LogP contribution in [-0.2, 0) is 4.74 Å². The van der Waals surface area contributed by atoms with Gasteiger partial charge in [-0.1, -0.05) is 13.3 Å². The van der Waals surface area contributed by atoms with Crippen molar-refractivity contribution in [1.29, 1.82) is 0 Å². The molecular formula is C12H16BrNO2. The van der Waals surface area contributed by atoms with Crippen LogP contribution in [0.25, 0.3) is 0 Å². The lowest BCUT2D eigenvalue weighted by molar-refractivity contribution is 0.0323. The molecule has 0 saturated carbocycles. The van der Waals surface area contributed by atoms with Gasteiger partial charge in [0.1, 0.15) is 0 Å². The van der Waals surface area contributed by atoms with E-state index >= 15 is 0 Å². The maximum atomic E-state index is 11.7. The molecule has 0 bridgehead atoms. The van der Waals surface area contributed by atoms with E-state index < -0.39 is 0 Å². The SMILES string of the molecule is CCCC(C)OC(=O)c1ccc(N)c(Br)c1. The number of anilines is 1. The summed E-state index contributed by atoms with van der Waals surface area (Å²) in [5.41, 5.74) is 6.77. The summed E-state index contributed by atoms with van der Waals surface area (Å²) in [5, 5.41) is 0. The lowest BCUT2D eigenvalue weighted by Crippen LogP contribution is -2.14. The summed E-state index contributed by atoms with van der Waals surface area (Å²) in [4.78, 5) is 11.7. The molecule has 1 unspecified atom stereocenters. The van der Waals surface area contributed by atoms with Gasteiger partial charge in [0.25, 0.3) is 0 Å². The maximum absolute atomic E-state index is 11.7. The molecular weight excluding hydrogens is 270 g/mol. The van der Waals surface area contributed by atoms with Crippen LogP contribution in [-0.4, -0.2) is 12.1 Å². The van der Waals surface area contributed by atoms with E-state index in [1.807, 2.05) is 6.92 Å². The van der Waals surface area contributed by atoms with Gasteiger partial charge in [-0.25, -0.2) is 4.79 Å². The van der Waals surface area contributed by atoms with Crippen molar-refractivity contribution in [3.05, 3.63) is 28.2 Å². The van der Waals surface area contributed by atoms with Crippen LogP contribution in [0.1, 0.15) is 37.0 Å². The van der Waals surface area contributed by atoms with Gasteiger partial charge in [-0.15, -0.1) is 0 Å². The second-order valence-corrected chi connectivity index (χ2v) is 4.60. The molecule has 0 saturated heterocycles. The minimum absolute atomic E-state index is 0.0474. The van der Waals surface area contributed by atoms with Gasteiger partial charge in [0.2, 0.25) is 0 Å². The molecule has 0 heterocycles. The number of rotatable bonds is 4. The van der Waals surface area contributed by atoms with Crippen molar-refractivity contribution in [2.24, 2.45) is 0 Å². The number of ether oxygens (including phenoxy) is 1. The average Bonchev–Trinajstić information content (AvgIpc) is 2.22. The van der Waals surface area contributed by atoms with Crippen LogP contribution in [0.15, 0.2) is 22.7 Å². The van der Waals surface area contributed by atoms with E-state index in [1.165, 1.54) is 0 Å². The zero-order valence-corrected chi connectivity index (χ0v) is 11.1. The Bertz CT molecular complexity index is 379. The normalized spacial score (nSPS) is 12.2. The number of benzene rings is 1. The lowest BCUT2D eigenvalue weighted by Gasteiger charge is -2.12. The molecule has 0 amide bonds. The molecule has 4 heteroatoms. The Morgan fingerprint density at radius 1 is 1.56 bits per heavy atom. The topological polar surface area (TPSA) is 52.3 Å². The molecule has 0 radical (unpaired) electrons. The molecule has 3 nitrogen and oxygen atoms in total. The Balaban J connectivity index is 2.69. The van der Waals surface area contributed by atoms with Crippen LogP contribution in [0, 0.1) is 0 Å². The minimum Gasteiger partial charge on any atom is -0.459 e. The standard InChI is InChI=1S/C12H16BrNO2/c1-3-4-8(2)16-12(15)9-5-6-11(14)10(13)7-9/h5-8H,3-4,14H2,1-2H3. The highest BCUT2D eigenvalue weighted by atomic mass is 79.9. The second kappa shape index (κ2) is 5.89. The molecule has 0 fully saturated rings. The fourth-order valence-electron chi connectivity index (χ4n) is 1.37. The van der Waals surface area contributed by atoms with Gasteiger partial charge in [-0.3, -0.25) is 0 Å². The van der Waals surface area contributed by atoms with Crippen molar-refractivity contribution in [3.8, 4) is 0 Å². The fourth-order valence-corrected chi connectivity index (χ4v) is 1.75. The van der Waals surface area contributed by atoms with Crippen molar-refractivity contribution in [2.75, 3.05) is 5.73 Å². The number of carbonyl (C=O) groups is 1. The molecule has 88 valence electrons. The summed E-state index contributed by atoms with van der Waals surface area (Å²) in [6, 6.07) is 5.03. The van der Waals surface area contributed by atoms with Crippen LogP contribution in [0.2, 0.25) is 0 Å². The number of halogens is 1. The van der Waals surface area contributed by atoms with Gasteiger partial charge in [0, 0.05) is 10.2 Å². The molecule has 1 atom stereocenters. The van der Waals surface area contributed by atoms with E-state index in [9.17, 15) is 4.79 Å². The van der Waals surface area contributed by atoms with Crippen molar-refractivity contribution >= 4 is 27.6 Å². The van der Waals surface area contributed by atoms with E-state index in [4.69, 9.17) is 10.5 Å². The Kier molecular flexibility index (Phi) is 4.80. The van der Waals surface area contributed by atoms with Gasteiger partial charge in [-0.05, 0) is 47.5 Å². The number of esters is 1. The Labute approximate surface area is 104 Å². The summed E-state index contributed by atoms with van der Waals surface area (Å²) in [5.74, 6) is -0.304. The van der Waals surface area contributed by atoms with E-state index in [-0.39, 0.29) is 12.1 Å². The number of nitrogen functional groups attached to an aromatic ring is 1. The third-order valence-corrected chi connectivity index (χ3v) is 2.93. The Morgan fingerprint density at radius 2 is 2.25 bits per heavy atom.